The zero-order valence-corrected chi connectivity index (χ0v) is 11.6. The molecule has 0 aromatic rings. The van der Waals surface area contributed by atoms with Crippen LogP contribution in [0.15, 0.2) is 4.99 Å². The van der Waals surface area contributed by atoms with Crippen LogP contribution in [0.25, 0.3) is 0 Å². The van der Waals surface area contributed by atoms with E-state index in [0.717, 1.165) is 26.2 Å². The minimum atomic E-state index is 0.533. The van der Waals surface area contributed by atoms with Gasteiger partial charge in [0.15, 0.2) is 0 Å². The van der Waals surface area contributed by atoms with E-state index in [9.17, 15) is 0 Å². The number of aliphatic imine (C=N–C) groups is 1. The van der Waals surface area contributed by atoms with Gasteiger partial charge in [-0.15, -0.1) is 0 Å². The van der Waals surface area contributed by atoms with Crippen LogP contribution in [-0.4, -0.2) is 57.3 Å². The van der Waals surface area contributed by atoms with Crippen LogP contribution >= 0.6 is 0 Å². The Morgan fingerprint density at radius 1 is 1.39 bits per heavy atom. The maximum absolute atomic E-state index is 5.47. The highest BCUT2D eigenvalue weighted by Crippen LogP contribution is 2.17. The number of ether oxygens (including phenoxy) is 1. The van der Waals surface area contributed by atoms with Gasteiger partial charge in [-0.05, 0) is 19.9 Å². The van der Waals surface area contributed by atoms with Crippen LogP contribution in [0, 0.1) is 0 Å². The second-order valence-corrected chi connectivity index (χ2v) is 4.80. The predicted octanol–water partition coefficient (Wildman–Crippen LogP) is -0.0839. The second kappa shape index (κ2) is 9.13. The van der Waals surface area contributed by atoms with Crippen molar-refractivity contribution in [1.29, 1.82) is 0 Å². The maximum Gasteiger partial charge on any atom is 0.205 e. The van der Waals surface area contributed by atoms with Crippen molar-refractivity contribution in [1.82, 2.24) is 15.6 Å². The highest BCUT2D eigenvalue weighted by atomic mass is 16.5. The molecule has 1 rings (SSSR count). The normalized spacial score (nSPS) is 17.4. The van der Waals surface area contributed by atoms with Gasteiger partial charge in [0.05, 0.1) is 13.2 Å². The molecule has 6 heteroatoms. The second-order valence-electron chi connectivity index (χ2n) is 4.80. The van der Waals surface area contributed by atoms with Crippen molar-refractivity contribution >= 4 is 5.96 Å². The zero-order valence-electron chi connectivity index (χ0n) is 11.6. The number of rotatable bonds is 7. The highest BCUT2D eigenvalue weighted by molar-refractivity contribution is 5.79. The van der Waals surface area contributed by atoms with Gasteiger partial charge in [-0.1, -0.05) is 12.8 Å². The van der Waals surface area contributed by atoms with E-state index in [1.807, 2.05) is 0 Å². The van der Waals surface area contributed by atoms with Crippen LogP contribution in [0.3, 0.4) is 0 Å². The Hall–Kier alpha value is -0.850. The van der Waals surface area contributed by atoms with Gasteiger partial charge in [0.25, 0.3) is 0 Å². The van der Waals surface area contributed by atoms with Gasteiger partial charge in [0, 0.05) is 26.2 Å². The predicted molar refractivity (Wildman–Crippen MR) is 74.4 cm³/mol. The van der Waals surface area contributed by atoms with E-state index in [1.165, 1.54) is 25.7 Å². The van der Waals surface area contributed by atoms with Crippen LogP contribution < -0.4 is 16.6 Å². The summed E-state index contributed by atoms with van der Waals surface area (Å²) in [4.78, 5) is 6.63. The van der Waals surface area contributed by atoms with E-state index in [1.54, 1.807) is 7.11 Å². The van der Waals surface area contributed by atoms with Crippen LogP contribution in [0.4, 0.5) is 0 Å². The molecule has 0 radical (unpaired) electrons. The molecule has 0 saturated heterocycles. The number of methoxy groups -OCH3 is 1. The topological polar surface area (TPSA) is 74.9 Å². The Labute approximate surface area is 110 Å². The summed E-state index contributed by atoms with van der Waals surface area (Å²) < 4.78 is 5.03. The van der Waals surface area contributed by atoms with Gasteiger partial charge in [0.1, 0.15) is 0 Å². The molecule has 0 bridgehead atoms. The number of likely N-dealkylation sites (N-methyl/N-ethyl adjacent to an activating group) is 1. The van der Waals surface area contributed by atoms with Crippen molar-refractivity contribution in [2.24, 2.45) is 10.8 Å². The van der Waals surface area contributed by atoms with Gasteiger partial charge in [-0.25, -0.2) is 5.84 Å². The average Bonchev–Trinajstić information content (AvgIpc) is 2.88. The lowest BCUT2D eigenvalue weighted by Crippen LogP contribution is -2.46. The fourth-order valence-electron chi connectivity index (χ4n) is 2.09. The minimum Gasteiger partial charge on any atom is -0.383 e. The molecule has 0 spiro atoms. The number of hydrazine groups is 1. The Morgan fingerprint density at radius 2 is 2.11 bits per heavy atom. The Morgan fingerprint density at radius 3 is 2.72 bits per heavy atom. The lowest BCUT2D eigenvalue weighted by Gasteiger charge is -2.17. The van der Waals surface area contributed by atoms with Gasteiger partial charge < -0.3 is 15.0 Å². The monoisotopic (exact) mass is 257 g/mol. The standard InChI is InChI=1S/C12H27N5O/c1-17(9-10-18-2)8-7-14-12(16-13)15-11-5-3-4-6-11/h11H,3-10,13H2,1-2H3,(H2,14,15,16). The molecule has 6 nitrogen and oxygen atoms in total. The van der Waals surface area contributed by atoms with Crippen LogP contribution in [0.5, 0.6) is 0 Å². The third-order valence-electron chi connectivity index (χ3n) is 3.26. The molecule has 0 atom stereocenters. The molecule has 18 heavy (non-hydrogen) atoms. The number of nitrogens with zero attached hydrogens (tertiary/aromatic N) is 2. The summed E-state index contributed by atoms with van der Waals surface area (Å²) in [6.45, 7) is 3.32. The van der Waals surface area contributed by atoms with Crippen molar-refractivity contribution in [2.45, 2.75) is 31.7 Å². The van der Waals surface area contributed by atoms with E-state index >= 15 is 0 Å². The van der Waals surface area contributed by atoms with E-state index in [0.29, 0.717) is 12.0 Å². The average molecular weight is 257 g/mol. The van der Waals surface area contributed by atoms with Gasteiger partial charge >= 0.3 is 0 Å². The lowest BCUT2D eigenvalue weighted by atomic mass is 10.2. The quantitative estimate of drug-likeness (QED) is 0.257. The molecule has 0 aromatic carbocycles. The summed E-state index contributed by atoms with van der Waals surface area (Å²) in [7, 11) is 3.78. The Bertz CT molecular complexity index is 241. The highest BCUT2D eigenvalue weighted by Gasteiger charge is 2.15. The van der Waals surface area contributed by atoms with Gasteiger partial charge in [-0.3, -0.25) is 10.4 Å². The van der Waals surface area contributed by atoms with E-state index in [2.05, 4.69) is 27.7 Å². The number of hydrogen-bond donors (Lipinski definition) is 3. The summed E-state index contributed by atoms with van der Waals surface area (Å²) >= 11 is 0. The summed E-state index contributed by atoms with van der Waals surface area (Å²) in [6.07, 6.45) is 5.04. The summed E-state index contributed by atoms with van der Waals surface area (Å²) in [5.41, 5.74) is 2.64. The van der Waals surface area contributed by atoms with E-state index < -0.39 is 0 Å². The van der Waals surface area contributed by atoms with Gasteiger partial charge in [-0.2, -0.15) is 0 Å². The third-order valence-corrected chi connectivity index (χ3v) is 3.26. The first-order valence-corrected chi connectivity index (χ1v) is 6.71. The largest absolute Gasteiger partial charge is 0.383 e. The smallest absolute Gasteiger partial charge is 0.205 e. The first-order chi connectivity index (χ1) is 8.76. The van der Waals surface area contributed by atoms with Crippen molar-refractivity contribution in [2.75, 3.05) is 40.4 Å². The molecule has 1 aliphatic carbocycles. The minimum absolute atomic E-state index is 0.533. The van der Waals surface area contributed by atoms with Crippen LogP contribution in [0.2, 0.25) is 0 Å². The summed E-state index contributed by atoms with van der Waals surface area (Å²) in [5, 5.41) is 3.35. The van der Waals surface area contributed by atoms with Crippen molar-refractivity contribution in [3.05, 3.63) is 0 Å². The fourth-order valence-corrected chi connectivity index (χ4v) is 2.09. The molecule has 0 aliphatic heterocycles. The molecule has 4 N–H and O–H groups in total. The molecule has 0 aromatic heterocycles. The number of guanidine groups is 1. The Balaban J connectivity index is 2.20. The van der Waals surface area contributed by atoms with Crippen molar-refractivity contribution < 1.29 is 4.74 Å². The Kier molecular flexibility index (Phi) is 7.71. The third kappa shape index (κ3) is 6.18. The molecule has 1 aliphatic rings. The number of nitrogens with one attached hydrogen (secondary N) is 2. The first-order valence-electron chi connectivity index (χ1n) is 6.71. The summed E-state index contributed by atoms with van der Waals surface area (Å²) in [6, 6.07) is 0.533. The van der Waals surface area contributed by atoms with Crippen LogP contribution in [0.1, 0.15) is 25.7 Å². The maximum atomic E-state index is 5.47. The molecule has 0 heterocycles. The molecule has 1 fully saturated rings. The molecular weight excluding hydrogens is 230 g/mol. The van der Waals surface area contributed by atoms with E-state index in [-0.39, 0.29) is 0 Å². The summed E-state index contributed by atoms with van der Waals surface area (Å²) in [5.74, 6) is 6.18. The zero-order chi connectivity index (χ0) is 13.2. The lowest BCUT2D eigenvalue weighted by molar-refractivity contribution is 0.163. The van der Waals surface area contributed by atoms with Crippen molar-refractivity contribution in [3.63, 3.8) is 0 Å². The molecule has 106 valence electrons. The molecule has 1 saturated carbocycles. The number of nitrogens with two attached hydrogens (primary N) is 1. The van der Waals surface area contributed by atoms with Gasteiger partial charge in [0.2, 0.25) is 5.96 Å². The molecule has 0 unspecified atom stereocenters. The number of hydrogen-bond acceptors (Lipinski definition) is 4. The first kappa shape index (κ1) is 15.2. The fraction of sp³-hybridized carbons (Fsp3) is 0.917. The van der Waals surface area contributed by atoms with Crippen molar-refractivity contribution in [3.8, 4) is 0 Å². The SMILES string of the molecule is COCCN(C)CCN=C(NN)NC1CCCC1. The van der Waals surface area contributed by atoms with Crippen LogP contribution in [-0.2, 0) is 4.74 Å². The molecule has 0 amide bonds. The molecular formula is C12H27N5O. The van der Waals surface area contributed by atoms with E-state index in [4.69, 9.17) is 10.6 Å².